The summed E-state index contributed by atoms with van der Waals surface area (Å²) in [6.07, 6.45) is 6.81. The predicted molar refractivity (Wildman–Crippen MR) is 65.5 cm³/mol. The van der Waals surface area contributed by atoms with Gasteiger partial charge in [-0.15, -0.1) is 0 Å². The van der Waals surface area contributed by atoms with Crippen LogP contribution in [0.2, 0.25) is 0 Å². The maximum absolute atomic E-state index is 10.8. The van der Waals surface area contributed by atoms with Crippen molar-refractivity contribution in [2.24, 2.45) is 11.8 Å². The highest BCUT2D eigenvalue weighted by Crippen LogP contribution is 2.32. The molecule has 1 saturated carbocycles. The average Bonchev–Trinajstić information content (AvgIpc) is 2.17. The quantitative estimate of drug-likeness (QED) is 0.785. The minimum atomic E-state index is -0.671. The van der Waals surface area contributed by atoms with E-state index in [4.69, 9.17) is 5.11 Å². The van der Waals surface area contributed by atoms with E-state index in [2.05, 4.69) is 25.9 Å². The average molecular weight is 227 g/mol. The van der Waals surface area contributed by atoms with E-state index in [9.17, 15) is 4.79 Å². The fraction of sp³-hybridized carbons (Fsp3) is 0.923. The molecule has 1 fully saturated rings. The van der Waals surface area contributed by atoms with Gasteiger partial charge in [-0.2, -0.15) is 0 Å². The Kier molecular flexibility index (Phi) is 5.26. The van der Waals surface area contributed by atoms with Crippen molar-refractivity contribution < 1.29 is 9.90 Å². The Morgan fingerprint density at radius 2 is 1.88 bits per heavy atom. The molecule has 0 heterocycles. The summed E-state index contributed by atoms with van der Waals surface area (Å²) in [4.78, 5) is 13.0. The zero-order valence-corrected chi connectivity index (χ0v) is 10.8. The maximum Gasteiger partial charge on any atom is 0.303 e. The first-order chi connectivity index (χ1) is 7.52. The molecular weight excluding hydrogens is 202 g/mol. The molecule has 2 unspecified atom stereocenters. The minimum absolute atomic E-state index is 0.246. The van der Waals surface area contributed by atoms with Crippen LogP contribution in [0, 0.1) is 11.8 Å². The summed E-state index contributed by atoms with van der Waals surface area (Å²) in [5.74, 6) is 0.267. The highest BCUT2D eigenvalue weighted by molar-refractivity contribution is 5.67. The molecule has 0 aliphatic heterocycles. The second-order valence-corrected chi connectivity index (χ2v) is 5.43. The molecule has 16 heavy (non-hydrogen) atoms. The molecule has 0 spiro atoms. The van der Waals surface area contributed by atoms with Crippen LogP contribution in [0.25, 0.3) is 0 Å². The first kappa shape index (κ1) is 13.5. The molecule has 1 aliphatic rings. The zero-order chi connectivity index (χ0) is 12.1. The van der Waals surface area contributed by atoms with E-state index in [0.717, 1.165) is 0 Å². The molecule has 3 heteroatoms. The molecular formula is C13H25NO2. The third-order valence-corrected chi connectivity index (χ3v) is 3.81. The van der Waals surface area contributed by atoms with Crippen molar-refractivity contribution in [3.8, 4) is 0 Å². The number of carboxylic acids is 1. The first-order valence-corrected chi connectivity index (χ1v) is 6.40. The van der Waals surface area contributed by atoms with Crippen LogP contribution in [0.1, 0.15) is 45.4 Å². The second-order valence-electron chi connectivity index (χ2n) is 5.43. The van der Waals surface area contributed by atoms with Crippen molar-refractivity contribution in [3.05, 3.63) is 0 Å². The van der Waals surface area contributed by atoms with E-state index in [1.165, 1.54) is 32.1 Å². The van der Waals surface area contributed by atoms with Gasteiger partial charge < -0.3 is 10.0 Å². The minimum Gasteiger partial charge on any atom is -0.481 e. The lowest BCUT2D eigenvalue weighted by atomic mass is 9.78. The second kappa shape index (κ2) is 6.24. The SMILES string of the molecule is CC(CC(=O)O)C(C1CCCCC1)N(C)C. The summed E-state index contributed by atoms with van der Waals surface area (Å²) in [6.45, 7) is 2.08. The van der Waals surface area contributed by atoms with Crippen LogP contribution in [0.15, 0.2) is 0 Å². The maximum atomic E-state index is 10.8. The monoisotopic (exact) mass is 227 g/mol. The van der Waals surface area contributed by atoms with Gasteiger partial charge in [0, 0.05) is 12.5 Å². The van der Waals surface area contributed by atoms with Gasteiger partial charge in [0.1, 0.15) is 0 Å². The van der Waals surface area contributed by atoms with Crippen molar-refractivity contribution >= 4 is 5.97 Å². The molecule has 2 atom stereocenters. The van der Waals surface area contributed by atoms with Gasteiger partial charge in [-0.1, -0.05) is 26.2 Å². The molecule has 0 aromatic rings. The van der Waals surface area contributed by atoms with Gasteiger partial charge >= 0.3 is 5.97 Å². The Labute approximate surface area is 98.8 Å². The van der Waals surface area contributed by atoms with Crippen molar-refractivity contribution in [2.45, 2.75) is 51.5 Å². The van der Waals surface area contributed by atoms with Crippen molar-refractivity contribution in [1.29, 1.82) is 0 Å². The highest BCUT2D eigenvalue weighted by atomic mass is 16.4. The smallest absolute Gasteiger partial charge is 0.303 e. The molecule has 0 saturated heterocycles. The normalized spacial score (nSPS) is 22.0. The fourth-order valence-electron chi connectivity index (χ4n) is 3.27. The summed E-state index contributed by atoms with van der Waals surface area (Å²) >= 11 is 0. The molecule has 0 aromatic heterocycles. The van der Waals surface area contributed by atoms with Crippen molar-refractivity contribution in [3.63, 3.8) is 0 Å². The fourth-order valence-corrected chi connectivity index (χ4v) is 3.27. The third kappa shape index (κ3) is 3.78. The third-order valence-electron chi connectivity index (χ3n) is 3.81. The van der Waals surface area contributed by atoms with Gasteiger partial charge in [0.05, 0.1) is 0 Å². The van der Waals surface area contributed by atoms with Crippen LogP contribution < -0.4 is 0 Å². The van der Waals surface area contributed by atoms with Crippen LogP contribution >= 0.6 is 0 Å². The lowest BCUT2D eigenvalue weighted by molar-refractivity contribution is -0.138. The number of hydrogen-bond donors (Lipinski definition) is 1. The number of carbonyl (C=O) groups is 1. The van der Waals surface area contributed by atoms with E-state index in [1.54, 1.807) is 0 Å². The summed E-state index contributed by atoms with van der Waals surface area (Å²) in [6, 6.07) is 0.427. The van der Waals surface area contributed by atoms with E-state index >= 15 is 0 Å². The number of carboxylic acid groups (broad SMARTS) is 1. The summed E-state index contributed by atoms with van der Waals surface area (Å²) < 4.78 is 0. The molecule has 0 amide bonds. The summed E-state index contributed by atoms with van der Waals surface area (Å²) in [7, 11) is 4.16. The standard InChI is InChI=1S/C13H25NO2/c1-10(9-12(15)16)13(14(2)3)11-7-5-4-6-8-11/h10-11,13H,4-9H2,1-3H3,(H,15,16). The Balaban J connectivity index is 2.61. The molecule has 0 aromatic carbocycles. The summed E-state index contributed by atoms with van der Waals surface area (Å²) in [5.41, 5.74) is 0. The Bertz CT molecular complexity index is 222. The van der Waals surface area contributed by atoms with Gasteiger partial charge in [0.15, 0.2) is 0 Å². The number of rotatable bonds is 5. The van der Waals surface area contributed by atoms with Gasteiger partial charge in [-0.3, -0.25) is 4.79 Å². The Morgan fingerprint density at radius 1 is 1.31 bits per heavy atom. The van der Waals surface area contributed by atoms with E-state index in [1.807, 2.05) is 0 Å². The van der Waals surface area contributed by atoms with Gasteiger partial charge in [0.25, 0.3) is 0 Å². The molecule has 0 bridgehead atoms. The van der Waals surface area contributed by atoms with Gasteiger partial charge in [-0.05, 0) is 38.8 Å². The number of hydrogen-bond acceptors (Lipinski definition) is 2. The number of aliphatic carboxylic acids is 1. The van der Waals surface area contributed by atoms with Gasteiger partial charge in [-0.25, -0.2) is 0 Å². The predicted octanol–water partition coefficient (Wildman–Crippen LogP) is 2.61. The van der Waals surface area contributed by atoms with Crippen LogP contribution in [-0.4, -0.2) is 36.1 Å². The molecule has 1 rings (SSSR count). The van der Waals surface area contributed by atoms with E-state index < -0.39 is 5.97 Å². The summed E-state index contributed by atoms with van der Waals surface area (Å²) in [5, 5.41) is 8.89. The van der Waals surface area contributed by atoms with Crippen molar-refractivity contribution in [1.82, 2.24) is 4.90 Å². The Hall–Kier alpha value is -0.570. The molecule has 1 N–H and O–H groups in total. The highest BCUT2D eigenvalue weighted by Gasteiger charge is 2.30. The van der Waals surface area contributed by atoms with Crippen LogP contribution in [0.4, 0.5) is 0 Å². The molecule has 0 radical (unpaired) electrons. The lowest BCUT2D eigenvalue weighted by Crippen LogP contribution is -2.42. The molecule has 1 aliphatic carbocycles. The van der Waals surface area contributed by atoms with E-state index in [-0.39, 0.29) is 5.92 Å². The van der Waals surface area contributed by atoms with Gasteiger partial charge in [0.2, 0.25) is 0 Å². The van der Waals surface area contributed by atoms with E-state index in [0.29, 0.717) is 18.4 Å². The largest absolute Gasteiger partial charge is 0.481 e. The van der Waals surface area contributed by atoms with Crippen LogP contribution in [-0.2, 0) is 4.79 Å². The number of nitrogens with zero attached hydrogens (tertiary/aromatic N) is 1. The zero-order valence-electron chi connectivity index (χ0n) is 10.8. The van der Waals surface area contributed by atoms with Crippen molar-refractivity contribution in [2.75, 3.05) is 14.1 Å². The molecule has 94 valence electrons. The Morgan fingerprint density at radius 3 is 2.31 bits per heavy atom. The van der Waals surface area contributed by atoms with Crippen LogP contribution in [0.5, 0.6) is 0 Å². The first-order valence-electron chi connectivity index (χ1n) is 6.40. The molecule has 3 nitrogen and oxygen atoms in total. The van der Waals surface area contributed by atoms with Crippen LogP contribution in [0.3, 0.4) is 0 Å². The lowest BCUT2D eigenvalue weighted by Gasteiger charge is -2.38. The topological polar surface area (TPSA) is 40.5 Å².